The number of fused-ring (bicyclic) bond motifs is 1. The molecule has 0 aliphatic heterocycles. The predicted molar refractivity (Wildman–Crippen MR) is 80.8 cm³/mol. The molecule has 0 amide bonds. The van der Waals surface area contributed by atoms with Gasteiger partial charge >= 0.3 is 0 Å². The first kappa shape index (κ1) is 11.8. The number of allylic oxidation sites excluding steroid dienone is 1. The molecular formula is C18H16O. The van der Waals surface area contributed by atoms with Crippen LogP contribution in [0, 0.1) is 0 Å². The van der Waals surface area contributed by atoms with E-state index in [1.807, 2.05) is 24.3 Å². The molecule has 0 radical (unpaired) electrons. The number of benzene rings is 2. The molecule has 3 rings (SSSR count). The fraction of sp³-hybridized carbons (Fsp3) is 0.111. The number of para-hydroxylation sites is 1. The van der Waals surface area contributed by atoms with E-state index in [1.165, 1.54) is 11.1 Å². The van der Waals surface area contributed by atoms with E-state index in [2.05, 4.69) is 49.4 Å². The van der Waals surface area contributed by atoms with Gasteiger partial charge < -0.3 is 4.42 Å². The quantitative estimate of drug-likeness (QED) is 0.606. The van der Waals surface area contributed by atoms with E-state index in [0.717, 1.165) is 23.2 Å². The molecule has 0 saturated carbocycles. The van der Waals surface area contributed by atoms with Gasteiger partial charge in [-0.15, -0.1) is 0 Å². The Hall–Kier alpha value is -2.28. The Labute approximate surface area is 113 Å². The fourth-order valence-electron chi connectivity index (χ4n) is 2.24. The second-order valence-electron chi connectivity index (χ2n) is 4.58. The van der Waals surface area contributed by atoms with Crippen LogP contribution in [0.2, 0.25) is 0 Å². The Morgan fingerprint density at radius 3 is 2.47 bits per heavy atom. The normalized spacial score (nSPS) is 11.9. The standard InChI is InChI=1S/C18H16O/c1-2-15(12-14-8-4-3-5-9-14)18-13-16-10-6-7-11-17(16)19-18/h3-13H,2H2,1H3/b15-12-. The first-order valence-corrected chi connectivity index (χ1v) is 6.61. The van der Waals surface area contributed by atoms with Gasteiger partial charge in [-0.2, -0.15) is 0 Å². The highest BCUT2D eigenvalue weighted by atomic mass is 16.3. The van der Waals surface area contributed by atoms with Gasteiger partial charge in [-0.25, -0.2) is 0 Å². The molecule has 0 aliphatic rings. The molecule has 94 valence electrons. The van der Waals surface area contributed by atoms with Crippen LogP contribution in [0.25, 0.3) is 22.6 Å². The van der Waals surface area contributed by atoms with E-state index in [-0.39, 0.29) is 0 Å². The Balaban J connectivity index is 2.04. The third-order valence-corrected chi connectivity index (χ3v) is 3.26. The van der Waals surface area contributed by atoms with Gasteiger partial charge in [0.05, 0.1) is 0 Å². The average molecular weight is 248 g/mol. The molecule has 0 saturated heterocycles. The van der Waals surface area contributed by atoms with Crippen LogP contribution >= 0.6 is 0 Å². The topological polar surface area (TPSA) is 13.1 Å². The maximum absolute atomic E-state index is 5.92. The molecule has 2 aromatic carbocycles. The summed E-state index contributed by atoms with van der Waals surface area (Å²) in [5.74, 6) is 0.965. The molecule has 3 aromatic rings. The van der Waals surface area contributed by atoms with Gasteiger partial charge in [-0.3, -0.25) is 0 Å². The molecule has 0 spiro atoms. The summed E-state index contributed by atoms with van der Waals surface area (Å²) in [5.41, 5.74) is 3.38. The Morgan fingerprint density at radius 2 is 1.74 bits per heavy atom. The van der Waals surface area contributed by atoms with Crippen LogP contribution in [0.15, 0.2) is 65.1 Å². The van der Waals surface area contributed by atoms with Gasteiger partial charge in [-0.05, 0) is 35.8 Å². The highest BCUT2D eigenvalue weighted by molar-refractivity contribution is 5.86. The molecule has 1 heterocycles. The van der Waals surface area contributed by atoms with E-state index >= 15 is 0 Å². The molecule has 0 atom stereocenters. The lowest BCUT2D eigenvalue weighted by molar-refractivity contribution is 0.597. The minimum absolute atomic E-state index is 0.949. The van der Waals surface area contributed by atoms with Gasteiger partial charge in [0.1, 0.15) is 11.3 Å². The Bertz CT molecular complexity index is 672. The molecule has 0 aliphatic carbocycles. The van der Waals surface area contributed by atoms with Gasteiger partial charge in [0.25, 0.3) is 0 Å². The molecule has 0 unspecified atom stereocenters. The van der Waals surface area contributed by atoms with E-state index in [9.17, 15) is 0 Å². The van der Waals surface area contributed by atoms with Crippen molar-refractivity contribution in [3.05, 3.63) is 72.0 Å². The molecule has 1 nitrogen and oxygen atoms in total. The van der Waals surface area contributed by atoms with Crippen molar-refractivity contribution in [3.8, 4) is 0 Å². The zero-order valence-corrected chi connectivity index (χ0v) is 11.0. The Kier molecular flexibility index (Phi) is 3.20. The zero-order chi connectivity index (χ0) is 13.1. The fourth-order valence-corrected chi connectivity index (χ4v) is 2.24. The highest BCUT2D eigenvalue weighted by Gasteiger charge is 2.07. The lowest BCUT2D eigenvalue weighted by Crippen LogP contribution is -1.79. The number of hydrogen-bond acceptors (Lipinski definition) is 1. The van der Waals surface area contributed by atoms with Crippen LogP contribution in [-0.4, -0.2) is 0 Å². The van der Waals surface area contributed by atoms with Crippen LogP contribution < -0.4 is 0 Å². The van der Waals surface area contributed by atoms with Crippen LogP contribution in [0.3, 0.4) is 0 Å². The van der Waals surface area contributed by atoms with Crippen molar-refractivity contribution in [3.63, 3.8) is 0 Å². The molecule has 0 bridgehead atoms. The number of rotatable bonds is 3. The minimum atomic E-state index is 0.949. The summed E-state index contributed by atoms with van der Waals surface area (Å²) in [6.07, 6.45) is 3.15. The van der Waals surface area contributed by atoms with E-state index in [1.54, 1.807) is 0 Å². The molecule has 0 fully saturated rings. The predicted octanol–water partition coefficient (Wildman–Crippen LogP) is 5.38. The van der Waals surface area contributed by atoms with Crippen molar-refractivity contribution in [2.24, 2.45) is 0 Å². The first-order chi connectivity index (χ1) is 9.36. The summed E-state index contributed by atoms with van der Waals surface area (Å²) in [4.78, 5) is 0. The van der Waals surface area contributed by atoms with Gasteiger partial charge in [0.15, 0.2) is 0 Å². The van der Waals surface area contributed by atoms with E-state index in [4.69, 9.17) is 4.42 Å². The summed E-state index contributed by atoms with van der Waals surface area (Å²) in [7, 11) is 0. The lowest BCUT2D eigenvalue weighted by Gasteiger charge is -2.00. The average Bonchev–Trinajstić information content (AvgIpc) is 2.89. The van der Waals surface area contributed by atoms with Crippen molar-refractivity contribution in [1.29, 1.82) is 0 Å². The summed E-state index contributed by atoms with van der Waals surface area (Å²) < 4.78 is 5.92. The van der Waals surface area contributed by atoms with Gasteiger partial charge in [-0.1, -0.05) is 55.5 Å². The smallest absolute Gasteiger partial charge is 0.134 e. The van der Waals surface area contributed by atoms with Crippen LogP contribution in [0.5, 0.6) is 0 Å². The van der Waals surface area contributed by atoms with Crippen LogP contribution in [0.1, 0.15) is 24.7 Å². The third-order valence-electron chi connectivity index (χ3n) is 3.26. The molecule has 1 heteroatoms. The summed E-state index contributed by atoms with van der Waals surface area (Å²) >= 11 is 0. The van der Waals surface area contributed by atoms with Crippen molar-refractivity contribution in [2.75, 3.05) is 0 Å². The molecule has 0 N–H and O–H groups in total. The summed E-state index contributed by atoms with van der Waals surface area (Å²) in [6.45, 7) is 2.15. The molecule has 1 aromatic heterocycles. The molecule has 19 heavy (non-hydrogen) atoms. The maximum Gasteiger partial charge on any atom is 0.134 e. The lowest BCUT2D eigenvalue weighted by atomic mass is 10.1. The maximum atomic E-state index is 5.92. The summed E-state index contributed by atoms with van der Waals surface area (Å²) in [5, 5.41) is 1.16. The monoisotopic (exact) mass is 248 g/mol. The molecular weight excluding hydrogens is 232 g/mol. The number of hydrogen-bond donors (Lipinski definition) is 0. The van der Waals surface area contributed by atoms with Crippen molar-refractivity contribution >= 4 is 22.6 Å². The second kappa shape index (κ2) is 5.15. The van der Waals surface area contributed by atoms with Crippen LogP contribution in [-0.2, 0) is 0 Å². The van der Waals surface area contributed by atoms with Crippen molar-refractivity contribution in [1.82, 2.24) is 0 Å². The van der Waals surface area contributed by atoms with Gasteiger partial charge in [0.2, 0.25) is 0 Å². The largest absolute Gasteiger partial charge is 0.456 e. The zero-order valence-electron chi connectivity index (χ0n) is 11.0. The second-order valence-corrected chi connectivity index (χ2v) is 4.58. The van der Waals surface area contributed by atoms with E-state index in [0.29, 0.717) is 0 Å². The SMILES string of the molecule is CC/C(=C/c1ccccc1)c1cc2ccccc2o1. The summed E-state index contributed by atoms with van der Waals surface area (Å²) in [6, 6.07) is 20.6. The van der Waals surface area contributed by atoms with Crippen molar-refractivity contribution in [2.45, 2.75) is 13.3 Å². The van der Waals surface area contributed by atoms with Crippen molar-refractivity contribution < 1.29 is 4.42 Å². The number of furan rings is 1. The van der Waals surface area contributed by atoms with Crippen LogP contribution in [0.4, 0.5) is 0 Å². The Morgan fingerprint density at radius 1 is 1.00 bits per heavy atom. The third kappa shape index (κ3) is 2.45. The highest BCUT2D eigenvalue weighted by Crippen LogP contribution is 2.27. The first-order valence-electron chi connectivity index (χ1n) is 6.61. The van der Waals surface area contributed by atoms with E-state index < -0.39 is 0 Å². The minimum Gasteiger partial charge on any atom is -0.456 e. The van der Waals surface area contributed by atoms with Gasteiger partial charge in [0, 0.05) is 5.39 Å².